The number of rotatable bonds is 14. The van der Waals surface area contributed by atoms with Gasteiger partial charge in [-0.1, -0.05) is 55.4 Å². The molecule has 0 aliphatic carbocycles. The minimum absolute atomic E-state index is 0.0632. The summed E-state index contributed by atoms with van der Waals surface area (Å²) < 4.78 is 34.2. The van der Waals surface area contributed by atoms with Gasteiger partial charge in [0.25, 0.3) is 0 Å². The molecule has 6 rings (SSSR count). The van der Waals surface area contributed by atoms with Crippen LogP contribution >= 0.6 is 0 Å². The third-order valence-corrected chi connectivity index (χ3v) is 13.2. The summed E-state index contributed by atoms with van der Waals surface area (Å²) in [6, 6.07) is 7.67. The van der Waals surface area contributed by atoms with Gasteiger partial charge in [-0.3, -0.25) is 19.4 Å². The van der Waals surface area contributed by atoms with Gasteiger partial charge in [0.05, 0.1) is 28.4 Å². The molecule has 4 N–H and O–H groups in total. The minimum atomic E-state index is -0.578. The predicted octanol–water partition coefficient (Wildman–Crippen LogP) is 7.13. The molecule has 3 unspecified atom stereocenters. The second-order valence-corrected chi connectivity index (χ2v) is 19.1. The lowest BCUT2D eigenvalue weighted by Crippen LogP contribution is -2.51. The number of hydrogen-bond donors (Lipinski definition) is 2. The Morgan fingerprint density at radius 1 is 0.583 bits per heavy atom. The van der Waals surface area contributed by atoms with E-state index in [4.69, 9.17) is 39.9 Å². The van der Waals surface area contributed by atoms with E-state index in [0.717, 1.165) is 87.7 Å². The molecular weight excluding hydrogens is 761 g/mol. The normalized spacial score (nSPS) is 24.9. The van der Waals surface area contributed by atoms with Gasteiger partial charge in [-0.25, -0.2) is 0 Å². The number of benzene rings is 2. The van der Waals surface area contributed by atoms with Gasteiger partial charge in [0.1, 0.15) is 24.3 Å². The second kappa shape index (κ2) is 21.0. The molecule has 4 heterocycles. The van der Waals surface area contributed by atoms with Crippen LogP contribution in [0.5, 0.6) is 23.0 Å². The van der Waals surface area contributed by atoms with Gasteiger partial charge in [0.15, 0.2) is 23.0 Å². The number of fused-ring (bicyclic) bond motifs is 6. The molecule has 2 fully saturated rings. The van der Waals surface area contributed by atoms with Crippen molar-refractivity contribution >= 4 is 11.9 Å². The smallest absolute Gasteiger partial charge is 0.323 e. The molecule has 12 nitrogen and oxygen atoms in total. The van der Waals surface area contributed by atoms with Crippen molar-refractivity contribution in [2.45, 2.75) is 130 Å². The third kappa shape index (κ3) is 11.1. The van der Waals surface area contributed by atoms with Gasteiger partial charge in [-0.15, -0.1) is 0 Å². The van der Waals surface area contributed by atoms with E-state index in [0.29, 0.717) is 23.7 Å². The van der Waals surface area contributed by atoms with Crippen LogP contribution in [0.4, 0.5) is 0 Å². The van der Waals surface area contributed by atoms with Crippen molar-refractivity contribution in [2.24, 2.45) is 47.0 Å². The number of piperidine rings is 2. The molecule has 4 aliphatic rings. The summed E-state index contributed by atoms with van der Waals surface area (Å²) in [5, 5.41) is 0. The lowest BCUT2D eigenvalue weighted by Gasteiger charge is -2.47. The number of hydrogen-bond acceptors (Lipinski definition) is 12. The molecule has 2 aromatic rings. The maximum absolute atomic E-state index is 12.7. The van der Waals surface area contributed by atoms with Gasteiger partial charge in [0.2, 0.25) is 0 Å². The fourth-order valence-electron chi connectivity index (χ4n) is 9.76. The number of carbonyl (C=O) groups excluding carboxylic acids is 2. The molecule has 2 saturated heterocycles. The average molecular weight is 837 g/mol. The Hall–Kier alpha value is -3.58. The van der Waals surface area contributed by atoms with Crippen LogP contribution in [0.2, 0.25) is 0 Å². The maximum Gasteiger partial charge on any atom is 0.323 e. The summed E-state index contributed by atoms with van der Waals surface area (Å²) in [6.07, 6.45) is 5.39. The predicted molar refractivity (Wildman–Crippen MR) is 236 cm³/mol. The van der Waals surface area contributed by atoms with Crippen molar-refractivity contribution in [1.29, 1.82) is 0 Å². The van der Waals surface area contributed by atoms with Gasteiger partial charge < -0.3 is 39.9 Å². The van der Waals surface area contributed by atoms with E-state index in [1.165, 1.54) is 22.3 Å². The van der Waals surface area contributed by atoms with Crippen LogP contribution in [-0.2, 0) is 31.9 Å². The Morgan fingerprint density at radius 2 is 0.917 bits per heavy atom. The van der Waals surface area contributed by atoms with Crippen LogP contribution in [-0.4, -0.2) is 101 Å². The number of nitrogens with zero attached hydrogens (tertiary/aromatic N) is 2. The highest BCUT2D eigenvalue weighted by molar-refractivity contribution is 5.76. The summed E-state index contributed by atoms with van der Waals surface area (Å²) in [5.41, 5.74) is 17.3. The lowest BCUT2D eigenvalue weighted by atomic mass is 9.79. The highest BCUT2D eigenvalue weighted by Gasteiger charge is 2.43. The topological polar surface area (TPSA) is 148 Å². The number of ether oxygens (including phenoxy) is 6. The lowest BCUT2D eigenvalue weighted by molar-refractivity contribution is -0.161. The first-order valence-electron chi connectivity index (χ1n) is 22.4. The Kier molecular flexibility index (Phi) is 16.6. The zero-order valence-corrected chi connectivity index (χ0v) is 38.6. The van der Waals surface area contributed by atoms with Crippen LogP contribution in [0.1, 0.15) is 115 Å². The van der Waals surface area contributed by atoms with E-state index in [2.05, 4.69) is 61.8 Å². The Labute approximate surface area is 360 Å². The fourth-order valence-corrected chi connectivity index (χ4v) is 9.76. The Morgan fingerprint density at radius 3 is 1.22 bits per heavy atom. The summed E-state index contributed by atoms with van der Waals surface area (Å²) in [7, 11) is 6.68. The van der Waals surface area contributed by atoms with Crippen LogP contribution in [0.3, 0.4) is 0 Å². The molecule has 336 valence electrons. The molecule has 0 radical (unpaired) electrons. The quantitative estimate of drug-likeness (QED) is 0.187. The zero-order chi connectivity index (χ0) is 44.0. The van der Waals surface area contributed by atoms with Crippen molar-refractivity contribution in [3.05, 3.63) is 46.5 Å². The number of methoxy groups -OCH3 is 4. The number of nitrogens with two attached hydrogens (primary N) is 2. The van der Waals surface area contributed by atoms with Crippen molar-refractivity contribution in [3.8, 4) is 23.0 Å². The van der Waals surface area contributed by atoms with Crippen LogP contribution in [0, 0.1) is 35.5 Å². The largest absolute Gasteiger partial charge is 0.493 e. The number of esters is 2. The van der Waals surface area contributed by atoms with Crippen molar-refractivity contribution in [1.82, 2.24) is 9.80 Å². The van der Waals surface area contributed by atoms with E-state index < -0.39 is 12.1 Å². The summed E-state index contributed by atoms with van der Waals surface area (Å²) >= 11 is 0. The van der Waals surface area contributed by atoms with Crippen LogP contribution in [0.25, 0.3) is 0 Å². The van der Waals surface area contributed by atoms with Gasteiger partial charge >= 0.3 is 11.9 Å². The first kappa shape index (κ1) is 47.5. The SMILES string of the molecule is COc1cc2c(cc1OC)C1CC(OC(=O)[C@@H](N)C(C)C)C(CC(C)C)CN1CC2.COc1cc2c(cc1OC)[C@H]1C[C@@H](OC(=O)[C@@H](N)C(C)C)[C@H](CC(C)C)CN1CC2. The van der Waals surface area contributed by atoms with E-state index in [1.54, 1.807) is 28.4 Å². The molecular formula is C48H76N4O8. The minimum Gasteiger partial charge on any atom is -0.493 e. The monoisotopic (exact) mass is 837 g/mol. The van der Waals surface area contributed by atoms with Gasteiger partial charge in [-0.05, 0) is 95.9 Å². The van der Waals surface area contributed by atoms with E-state index in [9.17, 15) is 9.59 Å². The molecule has 8 atom stereocenters. The molecule has 12 heteroatoms. The highest BCUT2D eigenvalue weighted by Crippen LogP contribution is 2.46. The Bertz CT molecular complexity index is 1620. The number of carbonyl (C=O) groups is 2. The summed E-state index contributed by atoms with van der Waals surface area (Å²) in [5.74, 6) is 4.35. The molecule has 0 saturated carbocycles. The maximum atomic E-state index is 12.7. The standard InChI is InChI=1S/2C24H38N2O4/c2*1-14(2)9-17-13-26-8-7-16-10-21(28-5)22(29-6)11-18(16)19(26)12-20(17)30-24(27)23(25)15(3)4/h2*10-11,14-15,17,19-20,23H,7-9,12-13,25H2,1-6H3/t17?,19?,20?,23-;17-,19-,20-,23+/m01/s1. The molecule has 0 bridgehead atoms. The van der Waals surface area contributed by atoms with Crippen molar-refractivity contribution < 1.29 is 38.0 Å². The van der Waals surface area contributed by atoms with E-state index >= 15 is 0 Å². The van der Waals surface area contributed by atoms with Gasteiger partial charge in [-0.2, -0.15) is 0 Å². The molecule has 0 aromatic heterocycles. The first-order valence-corrected chi connectivity index (χ1v) is 22.4. The fraction of sp³-hybridized carbons (Fsp3) is 0.708. The molecule has 60 heavy (non-hydrogen) atoms. The van der Waals surface area contributed by atoms with Crippen LogP contribution in [0.15, 0.2) is 24.3 Å². The van der Waals surface area contributed by atoms with E-state index in [1.807, 2.05) is 27.7 Å². The van der Waals surface area contributed by atoms with Crippen molar-refractivity contribution in [2.75, 3.05) is 54.6 Å². The molecule has 0 spiro atoms. The molecule has 4 aliphatic heterocycles. The van der Waals surface area contributed by atoms with Crippen LogP contribution < -0.4 is 30.4 Å². The first-order chi connectivity index (χ1) is 28.5. The summed E-state index contributed by atoms with van der Waals surface area (Å²) in [6.45, 7) is 20.6. The molecule has 2 aromatic carbocycles. The van der Waals surface area contributed by atoms with Gasteiger partial charge in [0, 0.05) is 62.9 Å². The highest BCUT2D eigenvalue weighted by atomic mass is 16.6. The molecule has 0 amide bonds. The van der Waals surface area contributed by atoms with Crippen molar-refractivity contribution in [3.63, 3.8) is 0 Å². The average Bonchev–Trinajstić information content (AvgIpc) is 3.21. The third-order valence-electron chi connectivity index (χ3n) is 13.2. The zero-order valence-electron chi connectivity index (χ0n) is 38.6. The summed E-state index contributed by atoms with van der Waals surface area (Å²) in [4.78, 5) is 30.5. The Balaban J connectivity index is 0.000000228. The second-order valence-electron chi connectivity index (χ2n) is 19.1. The van der Waals surface area contributed by atoms with E-state index in [-0.39, 0.29) is 48.1 Å².